The maximum absolute atomic E-state index is 13.3. The Labute approximate surface area is 178 Å². The van der Waals surface area contributed by atoms with E-state index in [1.54, 1.807) is 17.0 Å². The minimum Gasteiger partial charge on any atom is -0.493 e. The lowest BCUT2D eigenvalue weighted by Gasteiger charge is -2.25. The standard InChI is InChI=1S/C24H32FN3O2/c1-18(2)17-30-23-10-6-20(7-11-23)15-28(14-19-4-8-21(25)9-5-19)24(29)26-22-12-13-27(3)16-22/h4-11,18,22H,12-17H2,1-3H3,(H,26,29)/t22-/m0/s1. The van der Waals surface area contributed by atoms with Gasteiger partial charge in [-0.1, -0.05) is 38.1 Å². The largest absolute Gasteiger partial charge is 0.493 e. The van der Waals surface area contributed by atoms with Crippen LogP contribution in [0.4, 0.5) is 9.18 Å². The number of benzene rings is 2. The Hall–Kier alpha value is -2.60. The second kappa shape index (κ2) is 10.4. The number of carbonyl (C=O) groups excluding carboxylic acids is 1. The first-order valence-corrected chi connectivity index (χ1v) is 10.6. The van der Waals surface area contributed by atoms with E-state index in [1.165, 1.54) is 12.1 Å². The third-order valence-electron chi connectivity index (χ3n) is 5.17. The van der Waals surface area contributed by atoms with Crippen molar-refractivity contribution in [2.45, 2.75) is 39.4 Å². The molecular formula is C24H32FN3O2. The number of hydrogen-bond donors (Lipinski definition) is 1. The number of urea groups is 1. The zero-order valence-electron chi connectivity index (χ0n) is 18.1. The molecule has 0 spiro atoms. The molecule has 1 aliphatic heterocycles. The van der Waals surface area contributed by atoms with E-state index < -0.39 is 0 Å². The van der Waals surface area contributed by atoms with Crippen LogP contribution in [-0.2, 0) is 13.1 Å². The highest BCUT2D eigenvalue weighted by Crippen LogP contribution is 2.17. The Bertz CT molecular complexity index is 808. The molecule has 1 heterocycles. The van der Waals surface area contributed by atoms with Crippen LogP contribution < -0.4 is 10.1 Å². The highest BCUT2D eigenvalue weighted by Gasteiger charge is 2.24. The Morgan fingerprint density at radius 1 is 1.13 bits per heavy atom. The first-order chi connectivity index (χ1) is 14.4. The third kappa shape index (κ3) is 6.73. The van der Waals surface area contributed by atoms with Gasteiger partial charge < -0.3 is 19.9 Å². The van der Waals surface area contributed by atoms with Crippen molar-refractivity contribution in [2.75, 3.05) is 26.7 Å². The van der Waals surface area contributed by atoms with Gasteiger partial charge in [-0.25, -0.2) is 9.18 Å². The average Bonchev–Trinajstić information content (AvgIpc) is 3.13. The first kappa shape index (κ1) is 22.1. The number of amides is 2. The van der Waals surface area contributed by atoms with E-state index in [0.717, 1.165) is 36.4 Å². The maximum atomic E-state index is 13.3. The third-order valence-corrected chi connectivity index (χ3v) is 5.17. The smallest absolute Gasteiger partial charge is 0.318 e. The normalized spacial score (nSPS) is 16.6. The van der Waals surface area contributed by atoms with Crippen molar-refractivity contribution in [3.8, 4) is 5.75 Å². The summed E-state index contributed by atoms with van der Waals surface area (Å²) in [7, 11) is 2.06. The minimum absolute atomic E-state index is 0.0974. The van der Waals surface area contributed by atoms with Crippen LogP contribution in [0.1, 0.15) is 31.4 Å². The number of halogens is 1. The predicted octanol–water partition coefficient (Wildman–Crippen LogP) is 4.28. The number of ether oxygens (including phenoxy) is 1. The minimum atomic E-state index is -0.277. The highest BCUT2D eigenvalue weighted by atomic mass is 19.1. The zero-order chi connectivity index (χ0) is 21.5. The van der Waals surface area contributed by atoms with Gasteiger partial charge in [0.25, 0.3) is 0 Å². The summed E-state index contributed by atoms with van der Waals surface area (Å²) in [6.07, 6.45) is 0.953. The molecule has 6 heteroatoms. The van der Waals surface area contributed by atoms with Crippen molar-refractivity contribution in [3.63, 3.8) is 0 Å². The van der Waals surface area contributed by atoms with Crippen molar-refractivity contribution < 1.29 is 13.9 Å². The lowest BCUT2D eigenvalue weighted by molar-refractivity contribution is 0.188. The Morgan fingerprint density at radius 3 is 2.27 bits per heavy atom. The monoisotopic (exact) mass is 413 g/mol. The van der Waals surface area contributed by atoms with Gasteiger partial charge in [0.15, 0.2) is 0 Å². The second-order valence-electron chi connectivity index (χ2n) is 8.53. The fraction of sp³-hybridized carbons (Fsp3) is 0.458. The second-order valence-corrected chi connectivity index (χ2v) is 8.53. The summed E-state index contributed by atoms with van der Waals surface area (Å²) in [6, 6.07) is 14.2. The molecule has 2 aromatic carbocycles. The molecule has 1 N–H and O–H groups in total. The summed E-state index contributed by atoms with van der Waals surface area (Å²) in [5.41, 5.74) is 1.92. The van der Waals surface area contributed by atoms with Crippen LogP contribution in [0, 0.1) is 11.7 Å². The number of hydrogen-bond acceptors (Lipinski definition) is 3. The molecule has 1 fully saturated rings. The van der Waals surface area contributed by atoms with E-state index in [1.807, 2.05) is 24.3 Å². The summed E-state index contributed by atoms with van der Waals surface area (Å²) >= 11 is 0. The molecule has 0 unspecified atom stereocenters. The number of likely N-dealkylation sites (N-methyl/N-ethyl adjacent to an activating group) is 1. The Balaban J connectivity index is 1.68. The van der Waals surface area contributed by atoms with E-state index >= 15 is 0 Å². The van der Waals surface area contributed by atoms with Gasteiger partial charge in [0, 0.05) is 25.7 Å². The maximum Gasteiger partial charge on any atom is 0.318 e. The first-order valence-electron chi connectivity index (χ1n) is 10.6. The van der Waals surface area contributed by atoms with Crippen LogP contribution in [0.15, 0.2) is 48.5 Å². The molecule has 0 aliphatic carbocycles. The lowest BCUT2D eigenvalue weighted by Crippen LogP contribution is -2.45. The molecular weight excluding hydrogens is 381 g/mol. The summed E-state index contributed by atoms with van der Waals surface area (Å²) in [6.45, 7) is 7.63. The predicted molar refractivity (Wildman–Crippen MR) is 117 cm³/mol. The molecule has 2 amide bonds. The topological polar surface area (TPSA) is 44.8 Å². The van der Waals surface area contributed by atoms with E-state index in [9.17, 15) is 9.18 Å². The molecule has 1 saturated heterocycles. The van der Waals surface area contributed by atoms with Crippen LogP contribution in [0.25, 0.3) is 0 Å². The lowest BCUT2D eigenvalue weighted by atomic mass is 10.1. The number of nitrogens with zero attached hydrogens (tertiary/aromatic N) is 2. The van der Waals surface area contributed by atoms with Crippen molar-refractivity contribution in [3.05, 3.63) is 65.5 Å². The van der Waals surface area contributed by atoms with Gasteiger partial charge in [-0.3, -0.25) is 0 Å². The Kier molecular flexibility index (Phi) is 7.69. The van der Waals surface area contributed by atoms with Crippen molar-refractivity contribution >= 4 is 6.03 Å². The molecule has 3 rings (SSSR count). The fourth-order valence-corrected chi connectivity index (χ4v) is 3.50. The molecule has 1 aliphatic rings. The molecule has 162 valence electrons. The number of rotatable bonds is 8. The zero-order valence-corrected chi connectivity index (χ0v) is 18.1. The van der Waals surface area contributed by atoms with Gasteiger partial charge in [-0.15, -0.1) is 0 Å². The summed E-state index contributed by atoms with van der Waals surface area (Å²) in [5.74, 6) is 1.02. The van der Waals surface area contributed by atoms with Crippen LogP contribution in [0.2, 0.25) is 0 Å². The molecule has 0 saturated carbocycles. The van der Waals surface area contributed by atoms with E-state index in [2.05, 4.69) is 31.1 Å². The molecule has 0 radical (unpaired) electrons. The average molecular weight is 414 g/mol. The summed E-state index contributed by atoms with van der Waals surface area (Å²) in [4.78, 5) is 17.0. The van der Waals surface area contributed by atoms with Crippen molar-refractivity contribution in [1.82, 2.24) is 15.1 Å². The molecule has 5 nitrogen and oxygen atoms in total. The molecule has 0 aromatic heterocycles. The SMILES string of the molecule is CC(C)COc1ccc(CN(Cc2ccc(F)cc2)C(=O)N[C@H]2CCN(C)C2)cc1. The van der Waals surface area contributed by atoms with Crippen LogP contribution in [-0.4, -0.2) is 48.6 Å². The van der Waals surface area contributed by atoms with E-state index in [4.69, 9.17) is 4.74 Å². The summed E-state index contributed by atoms with van der Waals surface area (Å²) in [5, 5.41) is 3.15. The molecule has 1 atom stereocenters. The molecule has 2 aromatic rings. The van der Waals surface area contributed by atoms with Crippen molar-refractivity contribution in [1.29, 1.82) is 0 Å². The van der Waals surface area contributed by atoms with Crippen molar-refractivity contribution in [2.24, 2.45) is 5.92 Å². The van der Waals surface area contributed by atoms with Gasteiger partial charge in [0.05, 0.1) is 6.61 Å². The van der Waals surface area contributed by atoms with Crippen LogP contribution in [0.3, 0.4) is 0 Å². The molecule has 0 bridgehead atoms. The fourth-order valence-electron chi connectivity index (χ4n) is 3.50. The van der Waals surface area contributed by atoms with Gasteiger partial charge in [-0.05, 0) is 61.3 Å². The van der Waals surface area contributed by atoms with Gasteiger partial charge in [-0.2, -0.15) is 0 Å². The van der Waals surface area contributed by atoms with E-state index in [0.29, 0.717) is 25.6 Å². The quantitative estimate of drug-likeness (QED) is 0.703. The Morgan fingerprint density at radius 2 is 1.73 bits per heavy atom. The van der Waals surface area contributed by atoms with Gasteiger partial charge >= 0.3 is 6.03 Å². The van der Waals surface area contributed by atoms with E-state index in [-0.39, 0.29) is 17.9 Å². The number of carbonyl (C=O) groups is 1. The van der Waals surface area contributed by atoms with Gasteiger partial charge in [0.2, 0.25) is 0 Å². The highest BCUT2D eigenvalue weighted by molar-refractivity contribution is 5.74. The number of likely N-dealkylation sites (tertiary alicyclic amines) is 1. The number of nitrogens with one attached hydrogen (secondary N) is 1. The molecule has 30 heavy (non-hydrogen) atoms. The van der Waals surface area contributed by atoms with Crippen LogP contribution >= 0.6 is 0 Å². The van der Waals surface area contributed by atoms with Crippen LogP contribution in [0.5, 0.6) is 5.75 Å². The van der Waals surface area contributed by atoms with Gasteiger partial charge in [0.1, 0.15) is 11.6 Å². The summed E-state index contributed by atoms with van der Waals surface area (Å²) < 4.78 is 19.0.